The van der Waals surface area contributed by atoms with Gasteiger partial charge in [0.25, 0.3) is 10.0 Å². The van der Waals surface area contributed by atoms with Crippen LogP contribution in [0.5, 0.6) is 5.75 Å². The maximum absolute atomic E-state index is 13.3. The highest BCUT2D eigenvalue weighted by Crippen LogP contribution is 2.27. The van der Waals surface area contributed by atoms with Crippen LogP contribution in [-0.2, 0) is 14.8 Å². The van der Waals surface area contributed by atoms with Gasteiger partial charge in [0.05, 0.1) is 17.7 Å². The Hall–Kier alpha value is -3.03. The van der Waals surface area contributed by atoms with E-state index in [9.17, 15) is 13.2 Å². The number of ether oxygens (including phenoxy) is 1. The first-order valence-electron chi connectivity index (χ1n) is 8.67. The molecular formula is C21H19ClN2O4S. The van der Waals surface area contributed by atoms with Crippen LogP contribution in [0.15, 0.2) is 83.8 Å². The number of nitrogens with zero attached hydrogens (tertiary/aromatic N) is 1. The first-order chi connectivity index (χ1) is 13.9. The second kappa shape index (κ2) is 8.98. The molecule has 3 rings (SSSR count). The summed E-state index contributed by atoms with van der Waals surface area (Å²) in [6, 6.07) is 21.0. The molecule has 150 valence electrons. The van der Waals surface area contributed by atoms with Crippen molar-refractivity contribution in [2.45, 2.75) is 4.90 Å². The molecule has 3 aromatic carbocycles. The molecule has 1 N–H and O–H groups in total. The SMILES string of the molecule is COc1cccc(N(CC(=O)Nc2ccc(Cl)cc2)S(=O)(=O)c2ccccc2)c1. The molecule has 0 radical (unpaired) electrons. The number of hydrogen-bond donors (Lipinski definition) is 1. The number of carbonyl (C=O) groups excluding carboxylic acids is 1. The number of sulfonamides is 1. The minimum atomic E-state index is -3.98. The second-order valence-electron chi connectivity index (χ2n) is 6.08. The summed E-state index contributed by atoms with van der Waals surface area (Å²) >= 11 is 5.86. The van der Waals surface area contributed by atoms with Crippen LogP contribution in [0.1, 0.15) is 0 Å². The fourth-order valence-electron chi connectivity index (χ4n) is 2.66. The maximum Gasteiger partial charge on any atom is 0.264 e. The Labute approximate surface area is 174 Å². The molecule has 8 heteroatoms. The molecule has 0 saturated heterocycles. The van der Waals surface area contributed by atoms with Crippen molar-refractivity contribution < 1.29 is 17.9 Å². The van der Waals surface area contributed by atoms with Gasteiger partial charge in [0.15, 0.2) is 0 Å². The third-order valence-corrected chi connectivity index (χ3v) is 6.13. The quantitative estimate of drug-likeness (QED) is 0.610. The Morgan fingerprint density at radius 2 is 1.69 bits per heavy atom. The maximum atomic E-state index is 13.3. The highest BCUT2D eigenvalue weighted by molar-refractivity contribution is 7.92. The largest absolute Gasteiger partial charge is 0.497 e. The number of hydrogen-bond acceptors (Lipinski definition) is 4. The summed E-state index contributed by atoms with van der Waals surface area (Å²) < 4.78 is 32.8. The summed E-state index contributed by atoms with van der Waals surface area (Å²) in [6.45, 7) is -0.410. The Balaban J connectivity index is 1.94. The summed E-state index contributed by atoms with van der Waals surface area (Å²) in [4.78, 5) is 12.7. The molecule has 6 nitrogen and oxygen atoms in total. The second-order valence-corrected chi connectivity index (χ2v) is 8.38. The van der Waals surface area contributed by atoms with E-state index >= 15 is 0 Å². The van der Waals surface area contributed by atoms with Crippen molar-refractivity contribution in [3.05, 3.63) is 83.9 Å². The molecule has 0 heterocycles. The number of rotatable bonds is 7. The van der Waals surface area contributed by atoms with Gasteiger partial charge in [-0.2, -0.15) is 0 Å². The van der Waals surface area contributed by atoms with E-state index in [-0.39, 0.29) is 4.90 Å². The Kier molecular flexibility index (Phi) is 6.41. The van der Waals surface area contributed by atoms with Gasteiger partial charge in [-0.3, -0.25) is 9.10 Å². The van der Waals surface area contributed by atoms with E-state index in [1.54, 1.807) is 66.7 Å². The van der Waals surface area contributed by atoms with Crippen LogP contribution in [0, 0.1) is 0 Å². The summed E-state index contributed by atoms with van der Waals surface area (Å²) in [5.41, 5.74) is 0.835. The highest BCUT2D eigenvalue weighted by Gasteiger charge is 2.27. The smallest absolute Gasteiger partial charge is 0.264 e. The van der Waals surface area contributed by atoms with Gasteiger partial charge in [-0.25, -0.2) is 8.42 Å². The van der Waals surface area contributed by atoms with E-state index in [2.05, 4.69) is 5.32 Å². The zero-order chi connectivity index (χ0) is 20.9. The van der Waals surface area contributed by atoms with Gasteiger partial charge in [-0.05, 0) is 48.5 Å². The monoisotopic (exact) mass is 430 g/mol. The van der Waals surface area contributed by atoms with E-state index in [1.165, 1.54) is 19.2 Å². The number of nitrogens with one attached hydrogen (secondary N) is 1. The van der Waals surface area contributed by atoms with Gasteiger partial charge in [0, 0.05) is 16.8 Å². The van der Waals surface area contributed by atoms with E-state index in [4.69, 9.17) is 16.3 Å². The van der Waals surface area contributed by atoms with Gasteiger partial charge >= 0.3 is 0 Å². The first kappa shape index (κ1) is 20.7. The van der Waals surface area contributed by atoms with Gasteiger partial charge < -0.3 is 10.1 Å². The molecule has 0 aliphatic heterocycles. The van der Waals surface area contributed by atoms with Crippen molar-refractivity contribution in [1.29, 1.82) is 0 Å². The molecule has 0 aromatic heterocycles. The first-order valence-corrected chi connectivity index (χ1v) is 10.5. The summed E-state index contributed by atoms with van der Waals surface area (Å²) in [7, 11) is -2.49. The highest BCUT2D eigenvalue weighted by atomic mass is 35.5. The zero-order valence-corrected chi connectivity index (χ0v) is 17.2. The van der Waals surface area contributed by atoms with E-state index in [0.29, 0.717) is 22.1 Å². The Bertz CT molecular complexity index is 1090. The molecule has 0 bridgehead atoms. The fraction of sp³-hybridized carbons (Fsp3) is 0.0952. The lowest BCUT2D eigenvalue weighted by atomic mass is 10.3. The van der Waals surface area contributed by atoms with Crippen LogP contribution in [0.3, 0.4) is 0 Å². The molecule has 0 saturated carbocycles. The van der Waals surface area contributed by atoms with Crippen LogP contribution < -0.4 is 14.4 Å². The van der Waals surface area contributed by atoms with Crippen molar-refractivity contribution in [3.63, 3.8) is 0 Å². The van der Waals surface area contributed by atoms with Gasteiger partial charge in [0.1, 0.15) is 12.3 Å². The van der Waals surface area contributed by atoms with Gasteiger partial charge in [0.2, 0.25) is 5.91 Å². The number of benzene rings is 3. The van der Waals surface area contributed by atoms with Crippen molar-refractivity contribution in [3.8, 4) is 5.75 Å². The Morgan fingerprint density at radius 1 is 1.00 bits per heavy atom. The molecular weight excluding hydrogens is 412 g/mol. The minimum absolute atomic E-state index is 0.0853. The molecule has 0 aliphatic carbocycles. The summed E-state index contributed by atoms with van der Waals surface area (Å²) in [5.74, 6) is -0.0106. The van der Waals surface area contributed by atoms with Gasteiger partial charge in [-0.15, -0.1) is 0 Å². The summed E-state index contributed by atoms with van der Waals surface area (Å²) in [6.07, 6.45) is 0. The Morgan fingerprint density at radius 3 is 2.34 bits per heavy atom. The van der Waals surface area contributed by atoms with Crippen molar-refractivity contribution in [2.75, 3.05) is 23.3 Å². The number of halogens is 1. The molecule has 0 spiro atoms. The number of carbonyl (C=O) groups is 1. The van der Waals surface area contributed by atoms with Crippen LogP contribution in [0.2, 0.25) is 5.02 Å². The predicted molar refractivity (Wildman–Crippen MR) is 114 cm³/mol. The van der Waals surface area contributed by atoms with Crippen molar-refractivity contribution in [2.24, 2.45) is 0 Å². The van der Waals surface area contributed by atoms with Crippen LogP contribution >= 0.6 is 11.6 Å². The average Bonchev–Trinajstić information content (AvgIpc) is 2.74. The molecule has 29 heavy (non-hydrogen) atoms. The third kappa shape index (κ3) is 5.07. The van der Waals surface area contributed by atoms with Crippen LogP contribution in [0.25, 0.3) is 0 Å². The molecule has 0 unspecified atom stereocenters. The lowest BCUT2D eigenvalue weighted by molar-refractivity contribution is -0.114. The molecule has 3 aromatic rings. The van der Waals surface area contributed by atoms with Crippen molar-refractivity contribution >= 4 is 38.9 Å². The molecule has 0 fully saturated rings. The standard InChI is InChI=1S/C21H19ClN2O4S/c1-28-19-7-5-6-18(14-19)24(29(26,27)20-8-3-2-4-9-20)15-21(25)23-17-12-10-16(22)11-13-17/h2-14H,15H2,1H3,(H,23,25). The van der Waals surface area contributed by atoms with Crippen molar-refractivity contribution in [1.82, 2.24) is 0 Å². The van der Waals surface area contributed by atoms with E-state index < -0.39 is 22.5 Å². The van der Waals surface area contributed by atoms with Gasteiger partial charge in [-0.1, -0.05) is 35.9 Å². The fourth-order valence-corrected chi connectivity index (χ4v) is 4.22. The summed E-state index contributed by atoms with van der Waals surface area (Å²) in [5, 5.41) is 3.22. The van der Waals surface area contributed by atoms with E-state index in [0.717, 1.165) is 4.31 Å². The zero-order valence-electron chi connectivity index (χ0n) is 15.6. The lowest BCUT2D eigenvalue weighted by Gasteiger charge is -2.24. The number of anilines is 2. The van der Waals surface area contributed by atoms with E-state index in [1.807, 2.05) is 0 Å². The topological polar surface area (TPSA) is 75.7 Å². The molecule has 0 aliphatic rings. The predicted octanol–water partition coefficient (Wildman–Crippen LogP) is 4.18. The lowest BCUT2D eigenvalue weighted by Crippen LogP contribution is -2.38. The van der Waals surface area contributed by atoms with Crippen LogP contribution in [-0.4, -0.2) is 28.0 Å². The third-order valence-electron chi connectivity index (χ3n) is 4.09. The number of amides is 1. The average molecular weight is 431 g/mol. The van der Waals surface area contributed by atoms with Crippen LogP contribution in [0.4, 0.5) is 11.4 Å². The molecule has 0 atom stereocenters. The normalized spacial score (nSPS) is 11.0. The molecule has 1 amide bonds. The minimum Gasteiger partial charge on any atom is -0.497 e. The number of methoxy groups -OCH3 is 1.